The van der Waals surface area contributed by atoms with Gasteiger partial charge in [-0.2, -0.15) is 0 Å². The maximum atomic E-state index is 13.3. The molecular formula is C28H34Cl3NO7Si. The SMILES string of the molecule is CC(C)(C)[Si](C)(C)O[C@@H]1[C@@H](OC(=O)c2ccccc2)[C@H](OC(=N)C(Cl)(Cl)Cl)O[C@@H]2CO[C@@H](c3ccccc3)O[C@@H]12. The fourth-order valence-corrected chi connectivity index (χ4v) is 5.58. The van der Waals surface area contributed by atoms with Crippen LogP contribution in [0.2, 0.25) is 18.1 Å². The molecule has 1 N–H and O–H groups in total. The summed E-state index contributed by atoms with van der Waals surface area (Å²) in [5, 5.41) is 8.01. The number of esters is 1. The molecule has 218 valence electrons. The molecule has 0 aliphatic carbocycles. The van der Waals surface area contributed by atoms with E-state index < -0.39 is 61.0 Å². The third-order valence-corrected chi connectivity index (χ3v) is 12.3. The van der Waals surface area contributed by atoms with Crippen molar-refractivity contribution in [3.05, 3.63) is 71.8 Å². The number of ether oxygens (including phenoxy) is 5. The summed E-state index contributed by atoms with van der Waals surface area (Å²) < 4.78 is 35.1. The summed E-state index contributed by atoms with van der Waals surface area (Å²) in [6.45, 7) is 10.6. The Morgan fingerprint density at radius 3 is 2.10 bits per heavy atom. The van der Waals surface area contributed by atoms with Crippen LogP contribution >= 0.6 is 34.8 Å². The van der Waals surface area contributed by atoms with Gasteiger partial charge < -0.3 is 28.1 Å². The van der Waals surface area contributed by atoms with Gasteiger partial charge in [0, 0.05) is 5.56 Å². The molecule has 0 saturated carbocycles. The fourth-order valence-electron chi connectivity index (χ4n) is 4.15. The van der Waals surface area contributed by atoms with Crippen LogP contribution in [0.1, 0.15) is 43.0 Å². The zero-order chi connectivity index (χ0) is 29.3. The van der Waals surface area contributed by atoms with Gasteiger partial charge >= 0.3 is 5.97 Å². The summed E-state index contributed by atoms with van der Waals surface area (Å²) >= 11 is 17.8. The van der Waals surface area contributed by atoms with Crippen molar-refractivity contribution >= 4 is 55.0 Å². The summed E-state index contributed by atoms with van der Waals surface area (Å²) in [5.74, 6) is -1.32. The topological polar surface area (TPSA) is 96.3 Å². The average Bonchev–Trinajstić information content (AvgIpc) is 2.90. The highest BCUT2D eigenvalue weighted by Crippen LogP contribution is 2.43. The van der Waals surface area contributed by atoms with Crippen LogP contribution in [0.3, 0.4) is 0 Å². The Bertz CT molecular complexity index is 1170. The molecule has 0 bridgehead atoms. The monoisotopic (exact) mass is 629 g/mol. The van der Waals surface area contributed by atoms with Crippen LogP contribution in [0.15, 0.2) is 60.7 Å². The number of halogens is 3. The Kier molecular flexibility index (Phi) is 9.59. The number of carbonyl (C=O) groups excluding carboxylic acids is 1. The Labute approximate surface area is 250 Å². The molecule has 2 aromatic rings. The van der Waals surface area contributed by atoms with Crippen LogP contribution in [-0.2, 0) is 28.1 Å². The van der Waals surface area contributed by atoms with E-state index in [2.05, 4.69) is 33.9 Å². The number of fused-ring (bicyclic) bond motifs is 1. The second kappa shape index (κ2) is 12.3. The third-order valence-electron chi connectivity index (χ3n) is 7.34. The normalized spacial score (nSPS) is 27.4. The molecule has 2 heterocycles. The number of hydrogen-bond donors (Lipinski definition) is 1. The number of carbonyl (C=O) groups is 1. The minimum absolute atomic E-state index is 0.127. The van der Waals surface area contributed by atoms with Gasteiger partial charge in [0.15, 0.2) is 20.7 Å². The van der Waals surface area contributed by atoms with E-state index in [1.807, 2.05) is 30.3 Å². The lowest BCUT2D eigenvalue weighted by atomic mass is 9.97. The Morgan fingerprint density at radius 2 is 1.52 bits per heavy atom. The van der Waals surface area contributed by atoms with Gasteiger partial charge in [-0.15, -0.1) is 0 Å². The summed E-state index contributed by atoms with van der Waals surface area (Å²) in [5.41, 5.74) is 1.14. The van der Waals surface area contributed by atoms with E-state index in [-0.39, 0.29) is 11.6 Å². The van der Waals surface area contributed by atoms with Crippen molar-refractivity contribution in [3.8, 4) is 0 Å². The second-order valence-electron chi connectivity index (χ2n) is 11.2. The lowest BCUT2D eigenvalue weighted by Gasteiger charge is -2.51. The van der Waals surface area contributed by atoms with Crippen LogP contribution < -0.4 is 0 Å². The number of rotatable bonds is 6. The summed E-state index contributed by atoms with van der Waals surface area (Å²) in [6.07, 6.45) is -5.45. The fraction of sp³-hybridized carbons (Fsp3) is 0.500. The summed E-state index contributed by atoms with van der Waals surface area (Å²) in [7, 11) is -2.50. The molecule has 0 unspecified atom stereocenters. The van der Waals surface area contributed by atoms with Crippen molar-refractivity contribution in [2.75, 3.05) is 6.61 Å². The first kappa shape index (κ1) is 31.2. The molecule has 2 aromatic carbocycles. The predicted octanol–water partition coefficient (Wildman–Crippen LogP) is 6.81. The molecule has 4 rings (SSSR count). The number of alkyl halides is 3. The summed E-state index contributed by atoms with van der Waals surface area (Å²) in [6, 6.07) is 18.0. The lowest BCUT2D eigenvalue weighted by molar-refractivity contribution is -0.349. The van der Waals surface area contributed by atoms with Crippen LogP contribution in [0.25, 0.3) is 0 Å². The maximum Gasteiger partial charge on any atom is 0.338 e. The first-order valence-corrected chi connectivity index (χ1v) is 17.0. The quantitative estimate of drug-likeness (QED) is 0.123. The molecule has 0 spiro atoms. The molecule has 2 fully saturated rings. The van der Waals surface area contributed by atoms with Crippen molar-refractivity contribution < 1.29 is 32.9 Å². The minimum atomic E-state index is -2.50. The van der Waals surface area contributed by atoms with E-state index in [9.17, 15) is 4.79 Å². The Balaban J connectivity index is 1.74. The first-order valence-electron chi connectivity index (χ1n) is 12.9. The average molecular weight is 631 g/mol. The largest absolute Gasteiger partial charge is 0.449 e. The molecular weight excluding hydrogens is 597 g/mol. The molecule has 0 amide bonds. The van der Waals surface area contributed by atoms with Crippen LogP contribution in [0.4, 0.5) is 0 Å². The first-order chi connectivity index (χ1) is 18.7. The summed E-state index contributed by atoms with van der Waals surface area (Å²) in [4.78, 5) is 13.3. The van der Waals surface area contributed by atoms with E-state index in [4.69, 9.17) is 68.3 Å². The van der Waals surface area contributed by atoms with Crippen LogP contribution in [0.5, 0.6) is 0 Å². The van der Waals surface area contributed by atoms with Crippen molar-refractivity contribution in [2.45, 2.75) is 79.7 Å². The van der Waals surface area contributed by atoms with Gasteiger partial charge in [-0.25, -0.2) is 4.79 Å². The van der Waals surface area contributed by atoms with Gasteiger partial charge in [0.25, 0.3) is 3.79 Å². The molecule has 6 atom stereocenters. The van der Waals surface area contributed by atoms with E-state index in [0.717, 1.165) is 5.56 Å². The van der Waals surface area contributed by atoms with E-state index in [1.165, 1.54) is 0 Å². The van der Waals surface area contributed by atoms with Crippen molar-refractivity contribution in [2.24, 2.45) is 0 Å². The minimum Gasteiger partial charge on any atom is -0.449 e. The predicted molar refractivity (Wildman–Crippen MR) is 155 cm³/mol. The third kappa shape index (κ3) is 7.20. The standard InChI is InChI=1S/C28H34Cl3NO7Si/c1-27(2,3)40(4,5)39-21-20-19(16-34-24(37-20)18-14-10-7-11-15-18)35-25(38-26(32)28(29,30)31)22(21)36-23(33)17-12-8-6-9-13-17/h6-15,19-22,24-25,32H,16H2,1-5H3/t19-,20-,21+,22-,24-,25+/m1/s1. The molecule has 40 heavy (non-hydrogen) atoms. The Hall–Kier alpha value is -1.69. The van der Waals surface area contributed by atoms with Gasteiger partial charge in [-0.3, -0.25) is 5.41 Å². The number of benzene rings is 2. The van der Waals surface area contributed by atoms with Crippen molar-refractivity contribution in [1.29, 1.82) is 5.41 Å². The highest BCUT2D eigenvalue weighted by molar-refractivity contribution is 6.76. The van der Waals surface area contributed by atoms with Gasteiger partial charge in [0.2, 0.25) is 12.2 Å². The van der Waals surface area contributed by atoms with Gasteiger partial charge in [0.05, 0.1) is 12.2 Å². The smallest absolute Gasteiger partial charge is 0.338 e. The van der Waals surface area contributed by atoms with Gasteiger partial charge in [-0.05, 0) is 30.3 Å². The zero-order valence-electron chi connectivity index (χ0n) is 22.9. The molecule has 12 heteroatoms. The van der Waals surface area contributed by atoms with Crippen LogP contribution in [-0.4, -0.2) is 61.3 Å². The molecule has 0 radical (unpaired) electrons. The number of hydrogen-bond acceptors (Lipinski definition) is 8. The van der Waals surface area contributed by atoms with Gasteiger partial charge in [0.1, 0.15) is 18.3 Å². The maximum absolute atomic E-state index is 13.3. The highest BCUT2D eigenvalue weighted by atomic mass is 35.6. The second-order valence-corrected chi connectivity index (χ2v) is 18.3. The van der Waals surface area contributed by atoms with Crippen molar-refractivity contribution in [3.63, 3.8) is 0 Å². The van der Waals surface area contributed by atoms with E-state index >= 15 is 0 Å². The van der Waals surface area contributed by atoms with Crippen molar-refractivity contribution in [1.82, 2.24) is 0 Å². The molecule has 8 nitrogen and oxygen atoms in total. The lowest BCUT2D eigenvalue weighted by Crippen LogP contribution is -2.66. The molecule has 2 aliphatic heterocycles. The molecule has 2 saturated heterocycles. The number of nitrogens with one attached hydrogen (secondary N) is 1. The molecule has 0 aromatic heterocycles. The Morgan fingerprint density at radius 1 is 0.925 bits per heavy atom. The van der Waals surface area contributed by atoms with Gasteiger partial charge in [-0.1, -0.05) is 104 Å². The zero-order valence-corrected chi connectivity index (χ0v) is 26.2. The molecule has 2 aliphatic rings. The van der Waals surface area contributed by atoms with E-state index in [0.29, 0.717) is 5.56 Å². The highest BCUT2D eigenvalue weighted by Gasteiger charge is 2.56. The van der Waals surface area contributed by atoms with E-state index in [1.54, 1.807) is 30.3 Å². The van der Waals surface area contributed by atoms with Crippen LogP contribution in [0, 0.1) is 5.41 Å².